The molecule has 1 aliphatic heterocycles. The summed E-state index contributed by atoms with van der Waals surface area (Å²) < 4.78 is 19.8. The van der Waals surface area contributed by atoms with Crippen LogP contribution in [0.4, 0.5) is 10.5 Å². The van der Waals surface area contributed by atoms with E-state index < -0.39 is 5.60 Å². The summed E-state index contributed by atoms with van der Waals surface area (Å²) in [6, 6.07) is 30.5. The van der Waals surface area contributed by atoms with Crippen LogP contribution in [0.2, 0.25) is 0 Å². The van der Waals surface area contributed by atoms with Crippen molar-refractivity contribution in [3.05, 3.63) is 102 Å². The Kier molecular flexibility index (Phi) is 9.33. The summed E-state index contributed by atoms with van der Waals surface area (Å²) in [5, 5.41) is 9.03. The second-order valence-electron chi connectivity index (χ2n) is 13.2. The molecule has 3 aromatic carbocycles. The number of carbonyl (C=O) groups is 1. The smallest absolute Gasteiger partial charge is 0.407 e. The summed E-state index contributed by atoms with van der Waals surface area (Å²) in [6.45, 7) is 10.2. The quantitative estimate of drug-likeness (QED) is 0.179. The first-order valence-corrected chi connectivity index (χ1v) is 16.2. The van der Waals surface area contributed by atoms with Crippen molar-refractivity contribution in [1.29, 1.82) is 0 Å². The maximum Gasteiger partial charge on any atom is 0.407 e. The summed E-state index contributed by atoms with van der Waals surface area (Å²) >= 11 is 0. The zero-order valence-corrected chi connectivity index (χ0v) is 27.8. The zero-order valence-electron chi connectivity index (χ0n) is 27.8. The number of anilines is 1. The molecular weight excluding hydrogens is 590 g/mol. The highest BCUT2D eigenvalue weighted by Crippen LogP contribution is 2.37. The number of hydrogen-bond donors (Lipinski definition) is 1. The minimum atomic E-state index is -0.519. The standard InChI is InChI=1S/C38H43N5O4/c1-26-23-43(21-20-32(26)39-37(44)47-38(2,3)4)29-16-17-30-33(22-29)42(5)41-35(30)31-18-19-34(45-24-27-12-8-6-9-13-27)40-36(31)46-25-28-14-10-7-11-15-28/h6-19,22,26,32H,20-21,23-25H2,1-5H3,(H,39,44)/t26-,32-/m1/s1. The van der Waals surface area contributed by atoms with Crippen LogP contribution < -0.4 is 19.7 Å². The van der Waals surface area contributed by atoms with Gasteiger partial charge in [-0.15, -0.1) is 0 Å². The van der Waals surface area contributed by atoms with Gasteiger partial charge in [-0.2, -0.15) is 10.1 Å². The Morgan fingerprint density at radius 2 is 1.60 bits per heavy atom. The molecule has 2 atom stereocenters. The number of aryl methyl sites for hydroxylation is 1. The van der Waals surface area contributed by atoms with Gasteiger partial charge in [0.2, 0.25) is 11.8 Å². The number of nitrogens with zero attached hydrogens (tertiary/aromatic N) is 4. The molecule has 3 heterocycles. The Bertz CT molecular complexity index is 1820. The van der Waals surface area contributed by atoms with Crippen LogP contribution in [0.15, 0.2) is 91.0 Å². The highest BCUT2D eigenvalue weighted by molar-refractivity contribution is 5.96. The van der Waals surface area contributed by atoms with Crippen molar-refractivity contribution in [2.24, 2.45) is 13.0 Å². The molecule has 1 fully saturated rings. The summed E-state index contributed by atoms with van der Waals surface area (Å²) in [6.07, 6.45) is 0.478. The Balaban J connectivity index is 1.23. The van der Waals surface area contributed by atoms with E-state index in [9.17, 15) is 4.79 Å². The van der Waals surface area contributed by atoms with Crippen molar-refractivity contribution in [1.82, 2.24) is 20.1 Å². The molecule has 6 rings (SSSR count). The van der Waals surface area contributed by atoms with Gasteiger partial charge in [0.15, 0.2) is 0 Å². The fraction of sp³-hybridized carbons (Fsp3) is 0.342. The number of alkyl carbamates (subject to hydrolysis) is 1. The highest BCUT2D eigenvalue weighted by Gasteiger charge is 2.29. The maximum absolute atomic E-state index is 12.4. The Labute approximate surface area is 276 Å². The molecule has 0 aliphatic carbocycles. The average molecular weight is 634 g/mol. The fourth-order valence-corrected chi connectivity index (χ4v) is 5.95. The van der Waals surface area contributed by atoms with Gasteiger partial charge >= 0.3 is 6.09 Å². The molecule has 0 radical (unpaired) electrons. The van der Waals surface area contributed by atoms with Crippen molar-refractivity contribution in [2.75, 3.05) is 18.0 Å². The van der Waals surface area contributed by atoms with Crippen LogP contribution in [0.1, 0.15) is 45.2 Å². The third-order valence-corrected chi connectivity index (χ3v) is 8.35. The lowest BCUT2D eigenvalue weighted by atomic mass is 9.93. The van der Waals surface area contributed by atoms with Gasteiger partial charge in [0, 0.05) is 43.3 Å². The molecule has 0 saturated carbocycles. The Morgan fingerprint density at radius 1 is 0.915 bits per heavy atom. The summed E-state index contributed by atoms with van der Waals surface area (Å²) in [7, 11) is 1.96. The van der Waals surface area contributed by atoms with Crippen LogP contribution in [0.25, 0.3) is 22.2 Å². The first kappa shape index (κ1) is 31.9. The van der Waals surface area contributed by atoms with Crippen molar-refractivity contribution in [3.63, 3.8) is 0 Å². The van der Waals surface area contributed by atoms with Crippen LogP contribution in [-0.4, -0.2) is 45.6 Å². The van der Waals surface area contributed by atoms with E-state index in [0.29, 0.717) is 25.0 Å². The molecule has 1 amide bonds. The van der Waals surface area contributed by atoms with Crippen molar-refractivity contribution >= 4 is 22.7 Å². The number of carbonyl (C=O) groups excluding carboxylic acids is 1. The molecule has 244 valence electrons. The Hall–Kier alpha value is -5.05. The molecule has 2 aromatic heterocycles. The number of benzene rings is 3. The number of ether oxygens (including phenoxy) is 3. The number of nitrogens with one attached hydrogen (secondary N) is 1. The maximum atomic E-state index is 12.4. The van der Waals surface area contributed by atoms with Gasteiger partial charge in [0.25, 0.3) is 0 Å². The number of hydrogen-bond acceptors (Lipinski definition) is 7. The van der Waals surface area contributed by atoms with E-state index in [-0.39, 0.29) is 18.1 Å². The minimum absolute atomic E-state index is 0.0644. The van der Waals surface area contributed by atoms with Gasteiger partial charge in [0.1, 0.15) is 24.5 Å². The number of pyridine rings is 1. The molecule has 1 saturated heterocycles. The summed E-state index contributed by atoms with van der Waals surface area (Å²) in [4.78, 5) is 19.6. The van der Waals surface area contributed by atoms with Gasteiger partial charge in [0.05, 0.1) is 11.1 Å². The van der Waals surface area contributed by atoms with E-state index >= 15 is 0 Å². The lowest BCUT2D eigenvalue weighted by molar-refractivity contribution is 0.0481. The van der Waals surface area contributed by atoms with Crippen molar-refractivity contribution < 1.29 is 19.0 Å². The van der Waals surface area contributed by atoms with E-state index in [2.05, 4.69) is 35.3 Å². The monoisotopic (exact) mass is 633 g/mol. The molecule has 0 bridgehead atoms. The highest BCUT2D eigenvalue weighted by atomic mass is 16.6. The third-order valence-electron chi connectivity index (χ3n) is 8.35. The predicted octanol–water partition coefficient (Wildman–Crippen LogP) is 7.53. The van der Waals surface area contributed by atoms with Gasteiger partial charge in [-0.3, -0.25) is 4.68 Å². The van der Waals surface area contributed by atoms with Gasteiger partial charge in [-0.1, -0.05) is 67.6 Å². The van der Waals surface area contributed by atoms with Crippen molar-refractivity contribution in [3.8, 4) is 23.0 Å². The van der Waals surface area contributed by atoms with E-state index in [1.807, 2.05) is 105 Å². The van der Waals surface area contributed by atoms with E-state index in [0.717, 1.165) is 58.5 Å². The zero-order chi connectivity index (χ0) is 33.0. The number of piperidine rings is 1. The van der Waals surface area contributed by atoms with E-state index in [4.69, 9.17) is 24.3 Å². The van der Waals surface area contributed by atoms with Crippen molar-refractivity contribution in [2.45, 2.75) is 59.0 Å². The molecule has 5 aromatic rings. The lowest BCUT2D eigenvalue weighted by Crippen LogP contribution is -2.51. The molecule has 1 aliphatic rings. The number of aromatic nitrogens is 3. The fourth-order valence-electron chi connectivity index (χ4n) is 5.95. The Morgan fingerprint density at radius 3 is 2.26 bits per heavy atom. The minimum Gasteiger partial charge on any atom is -0.473 e. The van der Waals surface area contributed by atoms with Crippen LogP contribution in [-0.2, 0) is 25.0 Å². The molecule has 1 N–H and O–H groups in total. The van der Waals surface area contributed by atoms with Crippen LogP contribution >= 0.6 is 0 Å². The number of rotatable bonds is 9. The molecule has 9 heteroatoms. The molecule has 0 spiro atoms. The topological polar surface area (TPSA) is 90.7 Å². The van der Waals surface area contributed by atoms with Crippen LogP contribution in [0, 0.1) is 5.92 Å². The van der Waals surface area contributed by atoms with Gasteiger partial charge < -0.3 is 24.4 Å². The van der Waals surface area contributed by atoms with Gasteiger partial charge in [-0.05, 0) is 68.5 Å². The van der Waals surface area contributed by atoms with Crippen LogP contribution in [0.3, 0.4) is 0 Å². The predicted molar refractivity (Wildman–Crippen MR) is 185 cm³/mol. The second-order valence-corrected chi connectivity index (χ2v) is 13.2. The number of fused-ring (bicyclic) bond motifs is 1. The molecule has 9 nitrogen and oxygen atoms in total. The van der Waals surface area contributed by atoms with E-state index in [1.165, 1.54) is 0 Å². The summed E-state index contributed by atoms with van der Waals surface area (Å²) in [5.41, 5.74) is 5.33. The second kappa shape index (κ2) is 13.7. The molecular formula is C38H43N5O4. The third kappa shape index (κ3) is 7.85. The molecule has 0 unspecified atom stereocenters. The van der Waals surface area contributed by atoms with Crippen LogP contribution in [0.5, 0.6) is 11.8 Å². The SMILES string of the molecule is C[C@@H]1CN(c2ccc3c(-c4ccc(OCc5ccccc5)nc4OCc4ccccc4)nn(C)c3c2)CC[C@H]1NC(=O)OC(C)(C)C. The first-order chi connectivity index (χ1) is 22.6. The number of amides is 1. The normalized spacial score (nSPS) is 16.6. The van der Waals surface area contributed by atoms with E-state index in [1.54, 1.807) is 0 Å². The summed E-state index contributed by atoms with van der Waals surface area (Å²) in [5.74, 6) is 1.21. The largest absolute Gasteiger partial charge is 0.473 e. The first-order valence-electron chi connectivity index (χ1n) is 16.2. The molecule has 47 heavy (non-hydrogen) atoms. The lowest BCUT2D eigenvalue weighted by Gasteiger charge is -2.38. The average Bonchev–Trinajstić information content (AvgIpc) is 3.39. The van der Waals surface area contributed by atoms with Gasteiger partial charge in [-0.25, -0.2) is 4.79 Å².